The summed E-state index contributed by atoms with van der Waals surface area (Å²) in [6, 6.07) is -0.482. The molecule has 0 radical (unpaired) electrons. The van der Waals surface area contributed by atoms with Gasteiger partial charge in [-0.2, -0.15) is 0 Å². The van der Waals surface area contributed by atoms with Crippen LogP contribution in [0.25, 0.3) is 0 Å². The number of amides is 1. The van der Waals surface area contributed by atoms with Crippen molar-refractivity contribution < 1.29 is 14.3 Å². The van der Waals surface area contributed by atoms with Gasteiger partial charge in [-0.15, -0.1) is 0 Å². The minimum absolute atomic E-state index is 0.0117. The molecule has 3 atom stereocenters. The third kappa shape index (κ3) is 1.66. The molecule has 0 spiro atoms. The average Bonchev–Trinajstić information content (AvgIpc) is 2.55. The van der Waals surface area contributed by atoms with Gasteiger partial charge in [-0.3, -0.25) is 9.59 Å². The number of carbonyl (C=O) groups is 2. The molecule has 84 valence electrons. The van der Waals surface area contributed by atoms with Crippen molar-refractivity contribution in [3.05, 3.63) is 0 Å². The standard InChI is InChI=1S/C10H16N2O3/c1-6(13)8-3-4-15-9-5-7(11-2)10(14)12(8)9/h7-9,11H,3-5H2,1-2H3. The van der Waals surface area contributed by atoms with Crippen LogP contribution in [0.4, 0.5) is 0 Å². The van der Waals surface area contributed by atoms with Crippen LogP contribution in [-0.4, -0.2) is 48.6 Å². The minimum Gasteiger partial charge on any atom is -0.358 e. The number of hydrogen-bond donors (Lipinski definition) is 1. The third-order valence-electron chi connectivity index (χ3n) is 3.16. The number of Topliss-reactive ketones (excluding diaryl/α,β-unsaturated/α-hetero) is 1. The molecular formula is C10H16N2O3. The Morgan fingerprint density at radius 2 is 2.33 bits per heavy atom. The summed E-state index contributed by atoms with van der Waals surface area (Å²) in [5, 5.41) is 2.95. The second-order valence-corrected chi connectivity index (χ2v) is 4.06. The van der Waals surface area contributed by atoms with Gasteiger partial charge in [-0.1, -0.05) is 0 Å². The molecule has 0 aromatic rings. The molecular weight excluding hydrogens is 196 g/mol. The Morgan fingerprint density at radius 1 is 1.60 bits per heavy atom. The summed E-state index contributed by atoms with van der Waals surface area (Å²) in [5.74, 6) is 0.0378. The quantitative estimate of drug-likeness (QED) is 0.671. The van der Waals surface area contributed by atoms with Crippen LogP contribution in [-0.2, 0) is 14.3 Å². The number of ketones is 1. The second-order valence-electron chi connectivity index (χ2n) is 4.06. The van der Waals surface area contributed by atoms with Gasteiger partial charge in [0.05, 0.1) is 18.7 Å². The smallest absolute Gasteiger partial charge is 0.242 e. The predicted octanol–water partition coefficient (Wildman–Crippen LogP) is -0.489. The Hall–Kier alpha value is -0.940. The van der Waals surface area contributed by atoms with Gasteiger partial charge in [0.25, 0.3) is 0 Å². The van der Waals surface area contributed by atoms with Crippen molar-refractivity contribution in [2.75, 3.05) is 13.7 Å². The van der Waals surface area contributed by atoms with Crippen LogP contribution in [0.1, 0.15) is 19.8 Å². The Bertz CT molecular complexity index is 292. The lowest BCUT2D eigenvalue weighted by atomic mass is 10.1. The Labute approximate surface area is 88.8 Å². The highest BCUT2D eigenvalue weighted by molar-refractivity contribution is 5.91. The summed E-state index contributed by atoms with van der Waals surface area (Å²) in [4.78, 5) is 24.9. The van der Waals surface area contributed by atoms with Crippen molar-refractivity contribution in [2.24, 2.45) is 0 Å². The van der Waals surface area contributed by atoms with Gasteiger partial charge in [0.2, 0.25) is 5.91 Å². The van der Waals surface area contributed by atoms with E-state index in [9.17, 15) is 9.59 Å². The lowest BCUT2D eigenvalue weighted by Gasteiger charge is -2.35. The van der Waals surface area contributed by atoms with E-state index < -0.39 is 0 Å². The normalized spacial score (nSPS) is 35.5. The number of fused-ring (bicyclic) bond motifs is 1. The third-order valence-corrected chi connectivity index (χ3v) is 3.16. The van der Waals surface area contributed by atoms with Gasteiger partial charge in [-0.25, -0.2) is 0 Å². The molecule has 5 nitrogen and oxygen atoms in total. The monoisotopic (exact) mass is 212 g/mol. The molecule has 2 heterocycles. The molecule has 2 fully saturated rings. The van der Waals surface area contributed by atoms with Crippen LogP contribution in [0.2, 0.25) is 0 Å². The van der Waals surface area contributed by atoms with E-state index in [1.807, 2.05) is 0 Å². The van der Waals surface area contributed by atoms with E-state index in [4.69, 9.17) is 4.74 Å². The first-order valence-electron chi connectivity index (χ1n) is 5.26. The number of ether oxygens (including phenoxy) is 1. The molecule has 2 rings (SSSR count). The molecule has 2 aliphatic heterocycles. The summed E-state index contributed by atoms with van der Waals surface area (Å²) in [7, 11) is 1.75. The van der Waals surface area contributed by atoms with E-state index in [1.54, 1.807) is 11.9 Å². The fourth-order valence-electron chi connectivity index (χ4n) is 2.34. The fraction of sp³-hybridized carbons (Fsp3) is 0.800. The summed E-state index contributed by atoms with van der Waals surface area (Å²) in [5.41, 5.74) is 0. The summed E-state index contributed by atoms with van der Waals surface area (Å²) in [6.45, 7) is 2.10. The van der Waals surface area contributed by atoms with Gasteiger partial charge < -0.3 is 15.0 Å². The summed E-state index contributed by atoms with van der Waals surface area (Å²) >= 11 is 0. The number of nitrogens with zero attached hydrogens (tertiary/aromatic N) is 1. The molecule has 2 aliphatic rings. The molecule has 0 saturated carbocycles. The first-order valence-corrected chi connectivity index (χ1v) is 5.26. The summed E-state index contributed by atoms with van der Waals surface area (Å²) < 4.78 is 5.50. The van der Waals surface area contributed by atoms with Crippen LogP contribution in [0.15, 0.2) is 0 Å². The molecule has 0 aromatic carbocycles. The van der Waals surface area contributed by atoms with Gasteiger partial charge in [0.15, 0.2) is 5.78 Å². The van der Waals surface area contributed by atoms with E-state index in [-0.39, 0.29) is 30.0 Å². The molecule has 0 aliphatic carbocycles. The van der Waals surface area contributed by atoms with Crippen LogP contribution >= 0.6 is 0 Å². The second kappa shape index (κ2) is 3.90. The molecule has 0 bridgehead atoms. The van der Waals surface area contributed by atoms with Crippen molar-refractivity contribution >= 4 is 11.7 Å². The maximum absolute atomic E-state index is 11.9. The number of nitrogens with one attached hydrogen (secondary N) is 1. The highest BCUT2D eigenvalue weighted by Gasteiger charge is 2.46. The molecule has 1 N–H and O–H groups in total. The Balaban J connectivity index is 2.20. The van der Waals surface area contributed by atoms with Gasteiger partial charge >= 0.3 is 0 Å². The van der Waals surface area contributed by atoms with Crippen molar-refractivity contribution in [1.82, 2.24) is 10.2 Å². The topological polar surface area (TPSA) is 58.6 Å². The Morgan fingerprint density at radius 3 is 2.93 bits per heavy atom. The highest BCUT2D eigenvalue weighted by atomic mass is 16.5. The zero-order valence-electron chi connectivity index (χ0n) is 9.03. The van der Waals surface area contributed by atoms with Gasteiger partial charge in [0.1, 0.15) is 6.23 Å². The zero-order valence-corrected chi connectivity index (χ0v) is 9.03. The van der Waals surface area contributed by atoms with Crippen molar-refractivity contribution in [3.8, 4) is 0 Å². The number of carbonyl (C=O) groups excluding carboxylic acids is 2. The maximum Gasteiger partial charge on any atom is 0.242 e. The lowest BCUT2D eigenvalue weighted by Crippen LogP contribution is -2.52. The largest absolute Gasteiger partial charge is 0.358 e. The van der Waals surface area contributed by atoms with Gasteiger partial charge in [-0.05, 0) is 20.4 Å². The van der Waals surface area contributed by atoms with Crippen molar-refractivity contribution in [3.63, 3.8) is 0 Å². The molecule has 2 saturated heterocycles. The van der Waals surface area contributed by atoms with Crippen LogP contribution < -0.4 is 5.32 Å². The molecule has 3 unspecified atom stereocenters. The van der Waals surface area contributed by atoms with Crippen LogP contribution in [0.3, 0.4) is 0 Å². The fourth-order valence-corrected chi connectivity index (χ4v) is 2.34. The van der Waals surface area contributed by atoms with E-state index in [0.29, 0.717) is 19.4 Å². The predicted molar refractivity (Wildman–Crippen MR) is 53.1 cm³/mol. The molecule has 15 heavy (non-hydrogen) atoms. The van der Waals surface area contributed by atoms with Gasteiger partial charge in [0, 0.05) is 6.42 Å². The number of hydrogen-bond acceptors (Lipinski definition) is 4. The lowest BCUT2D eigenvalue weighted by molar-refractivity contribution is -0.157. The minimum atomic E-state index is -0.283. The Kier molecular flexibility index (Phi) is 2.75. The molecule has 5 heteroatoms. The SMILES string of the molecule is CNC1CC2OCCC(C(C)=O)N2C1=O. The molecule has 0 aromatic heterocycles. The van der Waals surface area contributed by atoms with E-state index in [0.717, 1.165) is 0 Å². The van der Waals surface area contributed by atoms with E-state index in [1.165, 1.54) is 6.92 Å². The summed E-state index contributed by atoms with van der Waals surface area (Å²) in [6.07, 6.45) is 1.05. The van der Waals surface area contributed by atoms with Crippen LogP contribution in [0.5, 0.6) is 0 Å². The van der Waals surface area contributed by atoms with E-state index >= 15 is 0 Å². The van der Waals surface area contributed by atoms with Crippen molar-refractivity contribution in [1.29, 1.82) is 0 Å². The first-order chi connectivity index (χ1) is 7.15. The van der Waals surface area contributed by atoms with Crippen molar-refractivity contribution in [2.45, 2.75) is 38.1 Å². The van der Waals surface area contributed by atoms with E-state index in [2.05, 4.69) is 5.32 Å². The number of likely N-dealkylation sites (N-methyl/N-ethyl adjacent to an activating group) is 1. The molecule has 1 amide bonds. The zero-order chi connectivity index (χ0) is 11.0. The number of rotatable bonds is 2. The first kappa shape index (κ1) is 10.6. The van der Waals surface area contributed by atoms with Crippen LogP contribution in [0, 0.1) is 0 Å². The maximum atomic E-state index is 11.9. The average molecular weight is 212 g/mol. The highest BCUT2D eigenvalue weighted by Crippen LogP contribution is 2.28.